The number of amides is 2. The quantitative estimate of drug-likeness (QED) is 0.892. The number of hydrogen-bond donors (Lipinski definition) is 1. The van der Waals surface area contributed by atoms with Gasteiger partial charge in [0.1, 0.15) is 23.6 Å². The van der Waals surface area contributed by atoms with Crippen molar-refractivity contribution in [2.75, 3.05) is 43.5 Å². The molecule has 2 amide bonds. The minimum Gasteiger partial charge on any atom is -0.497 e. The third-order valence-electron chi connectivity index (χ3n) is 4.28. The highest BCUT2D eigenvalue weighted by atomic mass is 16.5. The number of anilines is 2. The zero-order valence-corrected chi connectivity index (χ0v) is 14.8. The summed E-state index contributed by atoms with van der Waals surface area (Å²) in [5.41, 5.74) is 0.950. The third kappa shape index (κ3) is 4.08. The summed E-state index contributed by atoms with van der Waals surface area (Å²) in [6.07, 6.45) is 1.38. The van der Waals surface area contributed by atoms with Gasteiger partial charge < -0.3 is 19.9 Å². The number of rotatable bonds is 4. The molecule has 1 aromatic carbocycles. The Kier molecular flexibility index (Phi) is 5.31. The van der Waals surface area contributed by atoms with Crippen LogP contribution in [0.15, 0.2) is 36.7 Å². The van der Waals surface area contributed by atoms with Gasteiger partial charge >= 0.3 is 0 Å². The van der Waals surface area contributed by atoms with Crippen LogP contribution in [0.1, 0.15) is 17.4 Å². The molecule has 0 bridgehead atoms. The SMILES string of the molecule is COc1ccc(NC(=O)c2cc(N3CCN(C(C)=O)CC3)ncn2)cc1. The molecule has 0 unspecified atom stereocenters. The smallest absolute Gasteiger partial charge is 0.274 e. The van der Waals surface area contributed by atoms with Crippen molar-refractivity contribution in [3.63, 3.8) is 0 Å². The minimum absolute atomic E-state index is 0.0758. The van der Waals surface area contributed by atoms with Gasteiger partial charge in [-0.1, -0.05) is 0 Å². The molecule has 1 aliphatic rings. The molecule has 1 aliphatic heterocycles. The van der Waals surface area contributed by atoms with E-state index in [0.29, 0.717) is 43.4 Å². The maximum atomic E-state index is 12.4. The minimum atomic E-state index is -0.304. The second kappa shape index (κ2) is 7.81. The number of hydrogen-bond acceptors (Lipinski definition) is 6. The number of nitrogens with one attached hydrogen (secondary N) is 1. The van der Waals surface area contributed by atoms with E-state index in [2.05, 4.69) is 15.3 Å². The molecule has 136 valence electrons. The van der Waals surface area contributed by atoms with Gasteiger partial charge in [0, 0.05) is 44.9 Å². The van der Waals surface area contributed by atoms with Crippen LogP contribution in [0.3, 0.4) is 0 Å². The predicted molar refractivity (Wildman–Crippen MR) is 97.4 cm³/mol. The van der Waals surface area contributed by atoms with E-state index < -0.39 is 0 Å². The Morgan fingerprint density at radius 1 is 1.08 bits per heavy atom. The molecule has 0 spiro atoms. The number of nitrogens with zero attached hydrogens (tertiary/aromatic N) is 4. The maximum Gasteiger partial charge on any atom is 0.274 e. The second-order valence-corrected chi connectivity index (χ2v) is 5.94. The first-order valence-electron chi connectivity index (χ1n) is 8.35. The van der Waals surface area contributed by atoms with E-state index >= 15 is 0 Å². The molecule has 0 aliphatic carbocycles. The summed E-state index contributed by atoms with van der Waals surface area (Å²) in [6.45, 7) is 4.22. The van der Waals surface area contributed by atoms with Crippen LogP contribution in [0.25, 0.3) is 0 Å². The fourth-order valence-corrected chi connectivity index (χ4v) is 2.76. The molecule has 1 aromatic heterocycles. The zero-order valence-electron chi connectivity index (χ0n) is 14.8. The Balaban J connectivity index is 1.66. The number of carbonyl (C=O) groups is 2. The maximum absolute atomic E-state index is 12.4. The van der Waals surface area contributed by atoms with E-state index in [4.69, 9.17) is 4.74 Å². The van der Waals surface area contributed by atoms with Crippen molar-refractivity contribution in [2.45, 2.75) is 6.92 Å². The van der Waals surface area contributed by atoms with Crippen molar-refractivity contribution < 1.29 is 14.3 Å². The standard InChI is InChI=1S/C18H21N5O3/c1-13(24)22-7-9-23(10-8-22)17-11-16(19-12-20-17)18(25)21-14-3-5-15(26-2)6-4-14/h3-6,11-12H,7-10H2,1-2H3,(H,21,25). The average Bonchev–Trinajstić information content (AvgIpc) is 2.68. The van der Waals surface area contributed by atoms with Gasteiger partial charge in [-0.05, 0) is 24.3 Å². The van der Waals surface area contributed by atoms with E-state index in [1.165, 1.54) is 6.33 Å². The molecule has 1 N–H and O–H groups in total. The Bertz CT molecular complexity index is 786. The van der Waals surface area contributed by atoms with Crippen LogP contribution in [0, 0.1) is 0 Å². The Morgan fingerprint density at radius 2 is 1.77 bits per heavy atom. The van der Waals surface area contributed by atoms with Crippen LogP contribution in [-0.4, -0.2) is 60.0 Å². The predicted octanol–water partition coefficient (Wildman–Crippen LogP) is 1.41. The molecule has 0 saturated carbocycles. The van der Waals surface area contributed by atoms with E-state index in [0.717, 1.165) is 5.75 Å². The summed E-state index contributed by atoms with van der Waals surface area (Å²) < 4.78 is 5.10. The Labute approximate surface area is 151 Å². The van der Waals surface area contributed by atoms with Crippen molar-refractivity contribution in [3.8, 4) is 5.75 Å². The van der Waals surface area contributed by atoms with Gasteiger partial charge in [-0.3, -0.25) is 9.59 Å². The molecule has 8 nitrogen and oxygen atoms in total. The molecular formula is C18H21N5O3. The van der Waals surface area contributed by atoms with Crippen molar-refractivity contribution in [1.29, 1.82) is 0 Å². The number of methoxy groups -OCH3 is 1. The zero-order chi connectivity index (χ0) is 18.5. The lowest BCUT2D eigenvalue weighted by atomic mass is 10.2. The number of ether oxygens (including phenoxy) is 1. The third-order valence-corrected chi connectivity index (χ3v) is 4.28. The largest absolute Gasteiger partial charge is 0.497 e. The van der Waals surface area contributed by atoms with Crippen LogP contribution >= 0.6 is 0 Å². The summed E-state index contributed by atoms with van der Waals surface area (Å²) in [6, 6.07) is 8.74. The molecule has 8 heteroatoms. The summed E-state index contributed by atoms with van der Waals surface area (Å²) in [4.78, 5) is 36.0. The lowest BCUT2D eigenvalue weighted by Gasteiger charge is -2.34. The number of carbonyl (C=O) groups excluding carboxylic acids is 2. The van der Waals surface area contributed by atoms with Gasteiger partial charge in [0.2, 0.25) is 5.91 Å². The molecule has 1 saturated heterocycles. The Hall–Kier alpha value is -3.16. The van der Waals surface area contributed by atoms with Gasteiger partial charge in [-0.2, -0.15) is 0 Å². The molecule has 2 heterocycles. The van der Waals surface area contributed by atoms with E-state index in [1.807, 2.05) is 4.90 Å². The van der Waals surface area contributed by atoms with Crippen LogP contribution in [0.4, 0.5) is 11.5 Å². The van der Waals surface area contributed by atoms with E-state index in [1.54, 1.807) is 49.3 Å². The lowest BCUT2D eigenvalue weighted by Crippen LogP contribution is -2.48. The van der Waals surface area contributed by atoms with Crippen LogP contribution in [0.5, 0.6) is 5.75 Å². The summed E-state index contributed by atoms with van der Waals surface area (Å²) in [7, 11) is 1.59. The second-order valence-electron chi connectivity index (χ2n) is 5.94. The molecular weight excluding hydrogens is 334 g/mol. The number of benzene rings is 1. The molecule has 0 radical (unpaired) electrons. The first kappa shape index (κ1) is 17.7. The van der Waals surface area contributed by atoms with Gasteiger partial charge in [0.15, 0.2) is 0 Å². The number of piperazine rings is 1. The van der Waals surface area contributed by atoms with Crippen molar-refractivity contribution in [2.24, 2.45) is 0 Å². The highest BCUT2D eigenvalue weighted by Gasteiger charge is 2.20. The summed E-state index contributed by atoms with van der Waals surface area (Å²) in [5, 5.41) is 2.81. The fourth-order valence-electron chi connectivity index (χ4n) is 2.76. The monoisotopic (exact) mass is 355 g/mol. The van der Waals surface area contributed by atoms with Crippen molar-refractivity contribution in [3.05, 3.63) is 42.4 Å². The summed E-state index contributed by atoms with van der Waals surface area (Å²) >= 11 is 0. The van der Waals surface area contributed by atoms with E-state index in [-0.39, 0.29) is 11.8 Å². The van der Waals surface area contributed by atoms with Gasteiger partial charge in [-0.15, -0.1) is 0 Å². The van der Waals surface area contributed by atoms with Crippen molar-refractivity contribution >= 4 is 23.3 Å². The summed E-state index contributed by atoms with van der Waals surface area (Å²) in [5.74, 6) is 1.17. The van der Waals surface area contributed by atoms with Gasteiger partial charge in [0.05, 0.1) is 7.11 Å². The van der Waals surface area contributed by atoms with Crippen molar-refractivity contribution in [1.82, 2.24) is 14.9 Å². The molecule has 3 rings (SSSR count). The van der Waals surface area contributed by atoms with E-state index in [9.17, 15) is 9.59 Å². The van der Waals surface area contributed by atoms with Gasteiger partial charge in [0.25, 0.3) is 5.91 Å². The Morgan fingerprint density at radius 3 is 2.38 bits per heavy atom. The molecule has 1 fully saturated rings. The first-order valence-corrected chi connectivity index (χ1v) is 8.35. The number of aromatic nitrogens is 2. The molecule has 0 atom stereocenters. The first-order chi connectivity index (χ1) is 12.6. The fraction of sp³-hybridized carbons (Fsp3) is 0.333. The average molecular weight is 355 g/mol. The lowest BCUT2D eigenvalue weighted by molar-refractivity contribution is -0.129. The van der Waals surface area contributed by atoms with Gasteiger partial charge in [-0.25, -0.2) is 9.97 Å². The van der Waals surface area contributed by atoms with Crippen LogP contribution in [-0.2, 0) is 4.79 Å². The highest BCUT2D eigenvalue weighted by molar-refractivity contribution is 6.03. The van der Waals surface area contributed by atoms with Crippen LogP contribution in [0.2, 0.25) is 0 Å². The molecule has 2 aromatic rings. The highest BCUT2D eigenvalue weighted by Crippen LogP contribution is 2.17. The topological polar surface area (TPSA) is 87.7 Å². The van der Waals surface area contributed by atoms with Crippen LogP contribution < -0.4 is 15.0 Å². The molecule has 26 heavy (non-hydrogen) atoms. The normalized spacial score (nSPS) is 14.1.